The van der Waals surface area contributed by atoms with Gasteiger partial charge in [-0.1, -0.05) is 24.3 Å². The molecule has 0 bridgehead atoms. The van der Waals surface area contributed by atoms with Crippen molar-refractivity contribution >= 4 is 17.7 Å². The molecule has 0 aliphatic heterocycles. The van der Waals surface area contributed by atoms with E-state index >= 15 is 0 Å². The summed E-state index contributed by atoms with van der Waals surface area (Å²) in [6, 6.07) is 7.31. The first-order valence-corrected chi connectivity index (χ1v) is 5.87. The number of aliphatic carboxylic acids is 1. The zero-order valence-electron chi connectivity index (χ0n) is 8.64. The lowest BCUT2D eigenvalue weighted by Crippen LogP contribution is -2.32. The Hall–Kier alpha value is -1.00. The standard InChI is InChI=1S/C11H15NO2S/c1-8-4-2-3-5-9(8)6-15-7-10(12)11(13)14/h2-5,10H,6-7,12H2,1H3,(H,13,14)/t10-/m1/s1. The van der Waals surface area contributed by atoms with E-state index in [2.05, 4.69) is 6.07 Å². The topological polar surface area (TPSA) is 63.3 Å². The van der Waals surface area contributed by atoms with Gasteiger partial charge in [0.1, 0.15) is 6.04 Å². The minimum Gasteiger partial charge on any atom is -0.480 e. The maximum Gasteiger partial charge on any atom is 0.321 e. The number of thioether (sulfide) groups is 1. The molecule has 0 saturated heterocycles. The Bertz CT molecular complexity index is 341. The highest BCUT2D eigenvalue weighted by molar-refractivity contribution is 7.98. The van der Waals surface area contributed by atoms with Crippen LogP contribution in [0.5, 0.6) is 0 Å². The molecule has 0 fully saturated rings. The highest BCUT2D eigenvalue weighted by Crippen LogP contribution is 2.16. The van der Waals surface area contributed by atoms with E-state index in [1.165, 1.54) is 11.1 Å². The molecule has 0 aliphatic rings. The van der Waals surface area contributed by atoms with E-state index in [0.717, 1.165) is 5.75 Å². The summed E-state index contributed by atoms with van der Waals surface area (Å²) in [6.07, 6.45) is 0. The lowest BCUT2D eigenvalue weighted by atomic mass is 10.1. The summed E-state index contributed by atoms with van der Waals surface area (Å²) >= 11 is 1.55. The molecule has 15 heavy (non-hydrogen) atoms. The van der Waals surface area contributed by atoms with Gasteiger partial charge in [-0.3, -0.25) is 4.79 Å². The van der Waals surface area contributed by atoms with Crippen LogP contribution < -0.4 is 5.73 Å². The Labute approximate surface area is 93.7 Å². The van der Waals surface area contributed by atoms with E-state index in [4.69, 9.17) is 10.8 Å². The van der Waals surface area contributed by atoms with E-state index in [1.54, 1.807) is 11.8 Å². The van der Waals surface area contributed by atoms with Gasteiger partial charge in [0.2, 0.25) is 0 Å². The molecule has 0 unspecified atom stereocenters. The minimum absolute atomic E-state index is 0.448. The molecule has 0 aliphatic carbocycles. The smallest absolute Gasteiger partial charge is 0.321 e. The Morgan fingerprint density at radius 1 is 1.53 bits per heavy atom. The monoisotopic (exact) mass is 225 g/mol. The Balaban J connectivity index is 2.38. The van der Waals surface area contributed by atoms with E-state index in [9.17, 15) is 4.79 Å². The fraction of sp³-hybridized carbons (Fsp3) is 0.364. The van der Waals surface area contributed by atoms with Crippen LogP contribution in [-0.2, 0) is 10.5 Å². The number of rotatable bonds is 5. The molecule has 1 aromatic carbocycles. The number of carboxylic acids is 1. The average molecular weight is 225 g/mol. The van der Waals surface area contributed by atoms with Gasteiger partial charge in [-0.15, -0.1) is 0 Å². The summed E-state index contributed by atoms with van der Waals surface area (Å²) in [7, 11) is 0. The summed E-state index contributed by atoms with van der Waals surface area (Å²) in [5, 5.41) is 8.60. The van der Waals surface area contributed by atoms with Crippen molar-refractivity contribution in [2.75, 3.05) is 5.75 Å². The molecular weight excluding hydrogens is 210 g/mol. The minimum atomic E-state index is -0.938. The Morgan fingerprint density at radius 3 is 2.80 bits per heavy atom. The summed E-state index contributed by atoms with van der Waals surface area (Å²) in [5.41, 5.74) is 7.86. The Morgan fingerprint density at radius 2 is 2.20 bits per heavy atom. The third-order valence-electron chi connectivity index (χ3n) is 2.13. The number of benzene rings is 1. The van der Waals surface area contributed by atoms with E-state index in [0.29, 0.717) is 5.75 Å². The first-order chi connectivity index (χ1) is 7.11. The second-order valence-corrected chi connectivity index (χ2v) is 4.42. The van der Waals surface area contributed by atoms with Gasteiger partial charge >= 0.3 is 5.97 Å². The maximum atomic E-state index is 10.5. The number of carboxylic acid groups (broad SMARTS) is 1. The van der Waals surface area contributed by atoms with Crippen LogP contribution in [0.2, 0.25) is 0 Å². The molecule has 3 nitrogen and oxygen atoms in total. The number of hydrogen-bond acceptors (Lipinski definition) is 3. The number of hydrogen-bond donors (Lipinski definition) is 2. The van der Waals surface area contributed by atoms with Crippen LogP contribution in [0.1, 0.15) is 11.1 Å². The van der Waals surface area contributed by atoms with Crippen molar-refractivity contribution in [1.82, 2.24) is 0 Å². The normalized spacial score (nSPS) is 12.4. The lowest BCUT2D eigenvalue weighted by molar-refractivity contribution is -0.137. The second-order valence-electron chi connectivity index (χ2n) is 3.39. The number of aryl methyl sites for hydroxylation is 1. The molecule has 0 amide bonds. The van der Waals surface area contributed by atoms with Gasteiger partial charge in [-0.05, 0) is 18.1 Å². The van der Waals surface area contributed by atoms with Crippen molar-refractivity contribution in [1.29, 1.82) is 0 Å². The molecule has 1 atom stereocenters. The van der Waals surface area contributed by atoms with Crippen LogP contribution in [0.15, 0.2) is 24.3 Å². The third-order valence-corrected chi connectivity index (χ3v) is 3.24. The highest BCUT2D eigenvalue weighted by atomic mass is 32.2. The zero-order chi connectivity index (χ0) is 11.3. The van der Waals surface area contributed by atoms with Gasteiger partial charge in [-0.25, -0.2) is 0 Å². The van der Waals surface area contributed by atoms with Crippen LogP contribution in [0.25, 0.3) is 0 Å². The van der Waals surface area contributed by atoms with Crippen molar-refractivity contribution < 1.29 is 9.90 Å². The summed E-state index contributed by atoms with van der Waals surface area (Å²) in [4.78, 5) is 10.5. The molecule has 1 aromatic rings. The molecule has 1 rings (SSSR count). The van der Waals surface area contributed by atoms with Gasteiger partial charge < -0.3 is 10.8 Å². The molecule has 82 valence electrons. The number of carbonyl (C=O) groups is 1. The fourth-order valence-corrected chi connectivity index (χ4v) is 2.20. The van der Waals surface area contributed by atoms with Crippen LogP contribution in [-0.4, -0.2) is 22.9 Å². The largest absolute Gasteiger partial charge is 0.480 e. The maximum absolute atomic E-state index is 10.5. The predicted octanol–water partition coefficient (Wildman–Crippen LogP) is 1.64. The van der Waals surface area contributed by atoms with Crippen LogP contribution in [0.4, 0.5) is 0 Å². The van der Waals surface area contributed by atoms with Crippen molar-refractivity contribution in [3.05, 3.63) is 35.4 Å². The molecule has 0 saturated carbocycles. The van der Waals surface area contributed by atoms with Crippen molar-refractivity contribution in [3.63, 3.8) is 0 Å². The summed E-state index contributed by atoms with van der Waals surface area (Å²) < 4.78 is 0. The van der Waals surface area contributed by atoms with Crippen LogP contribution >= 0.6 is 11.8 Å². The van der Waals surface area contributed by atoms with Crippen molar-refractivity contribution in [2.24, 2.45) is 5.73 Å². The first kappa shape index (κ1) is 12.1. The SMILES string of the molecule is Cc1ccccc1CSC[C@@H](N)C(=O)O. The average Bonchev–Trinajstić information content (AvgIpc) is 2.20. The quantitative estimate of drug-likeness (QED) is 0.799. The van der Waals surface area contributed by atoms with Gasteiger partial charge in [0, 0.05) is 11.5 Å². The second kappa shape index (κ2) is 5.78. The van der Waals surface area contributed by atoms with Gasteiger partial charge in [0.05, 0.1) is 0 Å². The van der Waals surface area contributed by atoms with E-state index < -0.39 is 12.0 Å². The molecule has 0 heterocycles. The molecule has 0 spiro atoms. The van der Waals surface area contributed by atoms with Gasteiger partial charge in [0.15, 0.2) is 0 Å². The lowest BCUT2D eigenvalue weighted by Gasteiger charge is -2.07. The third kappa shape index (κ3) is 3.93. The van der Waals surface area contributed by atoms with Crippen LogP contribution in [0, 0.1) is 6.92 Å². The van der Waals surface area contributed by atoms with E-state index in [-0.39, 0.29) is 0 Å². The van der Waals surface area contributed by atoms with Gasteiger partial charge in [-0.2, -0.15) is 11.8 Å². The summed E-state index contributed by atoms with van der Waals surface area (Å²) in [6.45, 7) is 2.05. The molecular formula is C11H15NO2S. The fourth-order valence-electron chi connectivity index (χ4n) is 1.14. The highest BCUT2D eigenvalue weighted by Gasteiger charge is 2.10. The Kier molecular flexibility index (Phi) is 4.65. The first-order valence-electron chi connectivity index (χ1n) is 4.72. The predicted molar refractivity (Wildman–Crippen MR) is 63.0 cm³/mol. The van der Waals surface area contributed by atoms with E-state index in [1.807, 2.05) is 25.1 Å². The number of nitrogens with two attached hydrogens (primary N) is 1. The molecule has 3 N–H and O–H groups in total. The molecule has 4 heteroatoms. The zero-order valence-corrected chi connectivity index (χ0v) is 9.46. The summed E-state index contributed by atoms with van der Waals surface area (Å²) in [5.74, 6) is 0.324. The van der Waals surface area contributed by atoms with Gasteiger partial charge in [0.25, 0.3) is 0 Å². The van der Waals surface area contributed by atoms with Crippen LogP contribution in [0.3, 0.4) is 0 Å². The molecule has 0 aromatic heterocycles. The van der Waals surface area contributed by atoms with Crippen molar-refractivity contribution in [3.8, 4) is 0 Å². The molecule has 0 radical (unpaired) electrons. The van der Waals surface area contributed by atoms with Crippen molar-refractivity contribution in [2.45, 2.75) is 18.7 Å².